The Bertz CT molecular complexity index is 733. The van der Waals surface area contributed by atoms with Crippen molar-refractivity contribution in [3.05, 3.63) is 58.6 Å². The molecule has 0 atom stereocenters. The minimum atomic E-state index is -0.448. The number of carbonyl (C=O) groups excluding carboxylic acids is 1. The van der Waals surface area contributed by atoms with Crippen LogP contribution in [-0.2, 0) is 4.79 Å². The van der Waals surface area contributed by atoms with E-state index in [0.717, 1.165) is 0 Å². The fraction of sp³-hybridized carbons (Fsp3) is 0.235. The van der Waals surface area contributed by atoms with Gasteiger partial charge in [-0.3, -0.25) is 14.9 Å². The highest BCUT2D eigenvalue weighted by Gasteiger charge is 2.20. The van der Waals surface area contributed by atoms with Gasteiger partial charge in [-0.25, -0.2) is 0 Å². The Morgan fingerprint density at radius 3 is 2.54 bits per heavy atom. The summed E-state index contributed by atoms with van der Waals surface area (Å²) < 4.78 is 5.20. The average Bonchev–Trinajstić information content (AvgIpc) is 2.60. The number of nitrogens with zero attached hydrogens (tertiary/aromatic N) is 2. The van der Waals surface area contributed by atoms with Crippen LogP contribution in [0.1, 0.15) is 6.92 Å². The van der Waals surface area contributed by atoms with Crippen LogP contribution >= 0.6 is 0 Å². The molecular formula is C17H19N3O4. The molecule has 2 rings (SSSR count). The number of ether oxygens (including phenoxy) is 1. The summed E-state index contributed by atoms with van der Waals surface area (Å²) >= 11 is 0. The van der Waals surface area contributed by atoms with Gasteiger partial charge in [-0.1, -0.05) is 24.3 Å². The SMILES string of the molecule is CCN(CC(=O)Nc1ccccc1OC)c1ccccc1[N+](=O)[O-]. The molecule has 0 saturated heterocycles. The first-order chi connectivity index (χ1) is 11.6. The normalized spacial score (nSPS) is 10.1. The van der Waals surface area contributed by atoms with Gasteiger partial charge in [0.05, 0.1) is 24.3 Å². The lowest BCUT2D eigenvalue weighted by molar-refractivity contribution is -0.384. The molecule has 0 bridgehead atoms. The maximum atomic E-state index is 12.3. The van der Waals surface area contributed by atoms with E-state index in [1.807, 2.05) is 6.92 Å². The summed E-state index contributed by atoms with van der Waals surface area (Å²) in [6.07, 6.45) is 0. The molecule has 1 amide bonds. The Balaban J connectivity index is 2.16. The predicted octanol–water partition coefficient (Wildman–Crippen LogP) is 3.07. The van der Waals surface area contributed by atoms with Crippen molar-refractivity contribution in [2.75, 3.05) is 30.4 Å². The van der Waals surface area contributed by atoms with Gasteiger partial charge in [0, 0.05) is 12.6 Å². The van der Waals surface area contributed by atoms with Crippen LogP contribution in [0.4, 0.5) is 17.1 Å². The number of carbonyl (C=O) groups is 1. The van der Waals surface area contributed by atoms with Gasteiger partial charge >= 0.3 is 0 Å². The first-order valence-electron chi connectivity index (χ1n) is 7.48. The van der Waals surface area contributed by atoms with Crippen molar-refractivity contribution < 1.29 is 14.5 Å². The summed E-state index contributed by atoms with van der Waals surface area (Å²) in [6.45, 7) is 2.30. The van der Waals surface area contributed by atoms with Crippen molar-refractivity contribution in [3.63, 3.8) is 0 Å². The second-order valence-corrected chi connectivity index (χ2v) is 5.01. The zero-order valence-corrected chi connectivity index (χ0v) is 13.6. The Hall–Kier alpha value is -3.09. The summed E-state index contributed by atoms with van der Waals surface area (Å²) in [5, 5.41) is 13.9. The lowest BCUT2D eigenvalue weighted by atomic mass is 10.2. The highest BCUT2D eigenvalue weighted by molar-refractivity contribution is 5.95. The Kier molecular flexibility index (Phi) is 5.73. The lowest BCUT2D eigenvalue weighted by Gasteiger charge is -2.22. The number of nitro benzene ring substituents is 1. The first kappa shape index (κ1) is 17.3. The highest BCUT2D eigenvalue weighted by Crippen LogP contribution is 2.28. The van der Waals surface area contributed by atoms with E-state index in [0.29, 0.717) is 23.7 Å². The smallest absolute Gasteiger partial charge is 0.292 e. The molecule has 2 aromatic rings. The fourth-order valence-corrected chi connectivity index (χ4v) is 2.36. The topological polar surface area (TPSA) is 84.7 Å². The number of rotatable bonds is 7. The van der Waals surface area contributed by atoms with E-state index >= 15 is 0 Å². The molecule has 2 aromatic carbocycles. The monoisotopic (exact) mass is 329 g/mol. The number of amides is 1. The molecule has 7 heteroatoms. The van der Waals surface area contributed by atoms with Crippen molar-refractivity contribution in [1.82, 2.24) is 0 Å². The number of nitro groups is 1. The molecule has 0 heterocycles. The third-order valence-corrected chi connectivity index (χ3v) is 3.52. The number of likely N-dealkylation sites (N-methyl/N-ethyl adjacent to an activating group) is 1. The first-order valence-corrected chi connectivity index (χ1v) is 7.48. The van der Waals surface area contributed by atoms with Crippen LogP contribution in [0.3, 0.4) is 0 Å². The summed E-state index contributed by atoms with van der Waals surface area (Å²) in [5.74, 6) is 0.277. The zero-order chi connectivity index (χ0) is 17.5. The van der Waals surface area contributed by atoms with Crippen molar-refractivity contribution in [1.29, 1.82) is 0 Å². The number of hydrogen-bond acceptors (Lipinski definition) is 5. The summed E-state index contributed by atoms with van der Waals surface area (Å²) in [5.41, 5.74) is 0.952. The highest BCUT2D eigenvalue weighted by atomic mass is 16.6. The molecule has 0 aromatic heterocycles. The van der Waals surface area contributed by atoms with Gasteiger partial charge in [-0.15, -0.1) is 0 Å². The Morgan fingerprint density at radius 2 is 1.88 bits per heavy atom. The summed E-state index contributed by atoms with van der Waals surface area (Å²) in [6, 6.07) is 13.5. The largest absolute Gasteiger partial charge is 0.495 e. The van der Waals surface area contributed by atoms with Gasteiger partial charge in [-0.2, -0.15) is 0 Å². The van der Waals surface area contributed by atoms with E-state index in [9.17, 15) is 14.9 Å². The van der Waals surface area contributed by atoms with E-state index < -0.39 is 4.92 Å². The van der Waals surface area contributed by atoms with Crippen molar-refractivity contribution >= 4 is 23.0 Å². The Labute approximate surface area is 140 Å². The van der Waals surface area contributed by atoms with E-state index in [-0.39, 0.29) is 18.1 Å². The van der Waals surface area contributed by atoms with Gasteiger partial charge in [0.1, 0.15) is 11.4 Å². The molecule has 0 fully saturated rings. The van der Waals surface area contributed by atoms with Crippen LogP contribution in [0.15, 0.2) is 48.5 Å². The maximum absolute atomic E-state index is 12.3. The molecule has 7 nitrogen and oxygen atoms in total. The number of anilines is 2. The molecule has 0 radical (unpaired) electrons. The summed E-state index contributed by atoms with van der Waals surface area (Å²) in [4.78, 5) is 24.7. The maximum Gasteiger partial charge on any atom is 0.292 e. The Morgan fingerprint density at radius 1 is 1.21 bits per heavy atom. The van der Waals surface area contributed by atoms with Gasteiger partial charge in [0.2, 0.25) is 5.91 Å². The van der Waals surface area contributed by atoms with Crippen molar-refractivity contribution in [3.8, 4) is 5.75 Å². The van der Waals surface area contributed by atoms with Gasteiger partial charge in [0.25, 0.3) is 5.69 Å². The van der Waals surface area contributed by atoms with E-state index in [1.165, 1.54) is 13.2 Å². The minimum absolute atomic E-state index is 0.000593. The quantitative estimate of drug-likeness (QED) is 0.623. The summed E-state index contributed by atoms with van der Waals surface area (Å²) in [7, 11) is 1.52. The number of hydrogen-bond donors (Lipinski definition) is 1. The third kappa shape index (κ3) is 4.01. The fourth-order valence-electron chi connectivity index (χ4n) is 2.36. The van der Waals surface area contributed by atoms with Crippen LogP contribution < -0.4 is 15.0 Å². The van der Waals surface area contributed by atoms with Crippen LogP contribution in [0, 0.1) is 10.1 Å². The molecule has 0 spiro atoms. The van der Waals surface area contributed by atoms with Crippen LogP contribution in [0.5, 0.6) is 5.75 Å². The second-order valence-electron chi connectivity index (χ2n) is 5.01. The molecule has 0 aliphatic carbocycles. The molecule has 1 N–H and O–H groups in total. The zero-order valence-electron chi connectivity index (χ0n) is 13.6. The number of nitrogens with one attached hydrogen (secondary N) is 1. The van der Waals surface area contributed by atoms with E-state index in [1.54, 1.807) is 47.4 Å². The van der Waals surface area contributed by atoms with Crippen LogP contribution in [0.25, 0.3) is 0 Å². The molecule has 126 valence electrons. The van der Waals surface area contributed by atoms with Crippen LogP contribution in [0.2, 0.25) is 0 Å². The van der Waals surface area contributed by atoms with Crippen molar-refractivity contribution in [2.45, 2.75) is 6.92 Å². The molecule has 24 heavy (non-hydrogen) atoms. The van der Waals surface area contributed by atoms with Gasteiger partial charge in [0.15, 0.2) is 0 Å². The number of methoxy groups -OCH3 is 1. The average molecular weight is 329 g/mol. The van der Waals surface area contributed by atoms with E-state index in [4.69, 9.17) is 4.74 Å². The molecule has 0 saturated carbocycles. The second kappa shape index (κ2) is 7.96. The van der Waals surface area contributed by atoms with Gasteiger partial charge < -0.3 is 15.0 Å². The molecular weight excluding hydrogens is 310 g/mol. The molecule has 0 aliphatic heterocycles. The minimum Gasteiger partial charge on any atom is -0.495 e. The third-order valence-electron chi connectivity index (χ3n) is 3.52. The standard InChI is InChI=1S/C17H19N3O4/c1-3-19(14-9-5-6-10-15(14)20(22)23)12-17(21)18-13-8-4-7-11-16(13)24-2/h4-11H,3,12H2,1-2H3,(H,18,21). The lowest BCUT2D eigenvalue weighted by Crippen LogP contribution is -2.33. The predicted molar refractivity (Wildman–Crippen MR) is 92.6 cm³/mol. The molecule has 0 unspecified atom stereocenters. The van der Waals surface area contributed by atoms with Crippen molar-refractivity contribution in [2.24, 2.45) is 0 Å². The number of para-hydroxylation sites is 4. The van der Waals surface area contributed by atoms with Crippen LogP contribution in [-0.4, -0.2) is 31.0 Å². The van der Waals surface area contributed by atoms with Gasteiger partial charge in [-0.05, 0) is 25.1 Å². The number of benzene rings is 2. The van der Waals surface area contributed by atoms with E-state index in [2.05, 4.69) is 5.32 Å². The molecule has 0 aliphatic rings.